The molecule has 220 valence electrons. The Bertz CT molecular complexity index is 1410. The summed E-state index contributed by atoms with van der Waals surface area (Å²) in [5.41, 5.74) is 1.13. The number of pyridine rings is 1. The monoisotopic (exact) mass is 563 g/mol. The summed E-state index contributed by atoms with van der Waals surface area (Å²) in [7, 11) is 1.83. The molecule has 1 aliphatic carbocycles. The summed E-state index contributed by atoms with van der Waals surface area (Å²) in [6.45, 7) is 7.94. The van der Waals surface area contributed by atoms with Crippen LogP contribution in [0, 0.1) is 18.8 Å². The van der Waals surface area contributed by atoms with Gasteiger partial charge < -0.3 is 19.4 Å². The van der Waals surface area contributed by atoms with E-state index in [2.05, 4.69) is 20.6 Å². The Morgan fingerprint density at radius 3 is 2.59 bits per heavy atom. The number of rotatable bonds is 9. The maximum Gasteiger partial charge on any atom is 0.412 e. The third-order valence-electron chi connectivity index (χ3n) is 7.51. The zero-order valence-electron chi connectivity index (χ0n) is 24.7. The van der Waals surface area contributed by atoms with Gasteiger partial charge >= 0.3 is 11.7 Å². The zero-order chi connectivity index (χ0) is 29.6. The highest BCUT2D eigenvalue weighted by atomic mass is 16.6. The van der Waals surface area contributed by atoms with Crippen LogP contribution in [0.5, 0.6) is 0 Å². The van der Waals surface area contributed by atoms with E-state index in [4.69, 9.17) is 9.15 Å². The molecule has 0 saturated heterocycles. The van der Waals surface area contributed by atoms with Crippen LogP contribution in [0.4, 0.5) is 16.5 Å². The molecule has 0 bridgehead atoms. The number of fused-ring (bicyclic) bond motifs is 1. The van der Waals surface area contributed by atoms with Gasteiger partial charge in [-0.05, 0) is 76.3 Å². The first-order valence-electron chi connectivity index (χ1n) is 14.3. The van der Waals surface area contributed by atoms with Crippen molar-refractivity contribution in [1.82, 2.24) is 14.9 Å². The Hall–Kier alpha value is -3.95. The third-order valence-corrected chi connectivity index (χ3v) is 7.51. The van der Waals surface area contributed by atoms with Crippen molar-refractivity contribution in [2.45, 2.75) is 71.8 Å². The molecule has 2 aromatic heterocycles. The lowest BCUT2D eigenvalue weighted by Gasteiger charge is -2.32. The second kappa shape index (κ2) is 13.1. The van der Waals surface area contributed by atoms with Gasteiger partial charge in [0, 0.05) is 44.1 Å². The molecule has 41 heavy (non-hydrogen) atoms. The van der Waals surface area contributed by atoms with Gasteiger partial charge in [0.2, 0.25) is 5.91 Å². The van der Waals surface area contributed by atoms with Gasteiger partial charge in [0.15, 0.2) is 0 Å². The molecule has 0 spiro atoms. The fraction of sp³-hybridized carbons (Fsp3) is 0.516. The summed E-state index contributed by atoms with van der Waals surface area (Å²) in [5.74, 6) is 0.0445. The molecule has 1 fully saturated rings. The Balaban J connectivity index is 1.48. The van der Waals surface area contributed by atoms with Crippen LogP contribution in [-0.2, 0) is 16.0 Å². The van der Waals surface area contributed by atoms with Crippen molar-refractivity contribution >= 4 is 34.6 Å². The molecular weight excluding hydrogens is 522 g/mol. The average Bonchev–Trinajstić information content (AvgIpc) is 2.93. The number of carbonyl (C=O) groups is 2. The molecule has 2 heterocycles. The van der Waals surface area contributed by atoms with Crippen LogP contribution < -0.4 is 16.3 Å². The van der Waals surface area contributed by atoms with Crippen molar-refractivity contribution in [3.63, 3.8) is 0 Å². The van der Waals surface area contributed by atoms with Crippen LogP contribution in [0.2, 0.25) is 0 Å². The van der Waals surface area contributed by atoms with Crippen LogP contribution in [-0.4, -0.2) is 52.6 Å². The van der Waals surface area contributed by atoms with Crippen LogP contribution in [0.3, 0.4) is 0 Å². The number of aryl methyl sites for hydroxylation is 1. The number of anilines is 2. The van der Waals surface area contributed by atoms with Crippen molar-refractivity contribution < 1.29 is 18.7 Å². The lowest BCUT2D eigenvalue weighted by molar-refractivity contribution is -0.135. The van der Waals surface area contributed by atoms with E-state index in [0.29, 0.717) is 36.3 Å². The zero-order valence-corrected chi connectivity index (χ0v) is 24.7. The first-order chi connectivity index (χ1) is 19.5. The SMILES string of the molecule is Cc1c(NC(=O)OC(C)(C)C)ccc2nc(NCC(C(=O)N(C)CCc3ccccn3)C3CCCCC3)oc(=O)c12. The van der Waals surface area contributed by atoms with E-state index in [1.165, 1.54) is 6.42 Å². The second-order valence-electron chi connectivity index (χ2n) is 11.8. The fourth-order valence-corrected chi connectivity index (χ4v) is 5.35. The number of benzene rings is 1. The standard InChI is InChI=1S/C31H41N5O5/c1-20-24(35-30(39)41-31(2,3)4)14-15-25-26(20)28(38)40-29(34-25)33-19-23(21-11-7-6-8-12-21)27(37)36(5)18-16-22-13-9-10-17-32-22/h9-10,13-15,17,21,23H,6-8,11-12,16,18-19H2,1-5H3,(H,33,34)(H,35,39). The second-order valence-corrected chi connectivity index (χ2v) is 11.8. The number of hydrogen-bond donors (Lipinski definition) is 2. The van der Waals surface area contributed by atoms with E-state index in [-0.39, 0.29) is 29.1 Å². The quantitative estimate of drug-likeness (QED) is 0.347. The van der Waals surface area contributed by atoms with Crippen LogP contribution in [0.1, 0.15) is 64.1 Å². The minimum Gasteiger partial charge on any atom is -0.444 e. The molecule has 1 aromatic carbocycles. The van der Waals surface area contributed by atoms with E-state index in [0.717, 1.165) is 31.4 Å². The number of amides is 2. The van der Waals surface area contributed by atoms with Gasteiger partial charge in [-0.1, -0.05) is 25.3 Å². The molecule has 0 radical (unpaired) electrons. The summed E-state index contributed by atoms with van der Waals surface area (Å²) < 4.78 is 10.9. The van der Waals surface area contributed by atoms with Gasteiger partial charge in [-0.15, -0.1) is 0 Å². The summed E-state index contributed by atoms with van der Waals surface area (Å²) >= 11 is 0. The van der Waals surface area contributed by atoms with Crippen molar-refractivity contribution in [2.75, 3.05) is 30.8 Å². The van der Waals surface area contributed by atoms with Gasteiger partial charge in [0.05, 0.1) is 16.8 Å². The number of likely N-dealkylation sites (N-methyl/N-ethyl adjacent to an activating group) is 1. The number of carbonyl (C=O) groups excluding carboxylic acids is 2. The van der Waals surface area contributed by atoms with E-state index in [1.54, 1.807) is 50.9 Å². The largest absolute Gasteiger partial charge is 0.444 e. The van der Waals surface area contributed by atoms with Crippen molar-refractivity contribution in [2.24, 2.45) is 11.8 Å². The Morgan fingerprint density at radius 1 is 1.15 bits per heavy atom. The number of hydrogen-bond acceptors (Lipinski definition) is 8. The van der Waals surface area contributed by atoms with Gasteiger partial charge in [0.25, 0.3) is 6.01 Å². The normalized spacial score (nSPS) is 14.9. The minimum atomic E-state index is -0.652. The molecule has 2 N–H and O–H groups in total. The molecule has 4 rings (SSSR count). The van der Waals surface area contributed by atoms with E-state index >= 15 is 0 Å². The smallest absolute Gasteiger partial charge is 0.412 e. The van der Waals surface area contributed by atoms with Gasteiger partial charge in [-0.2, -0.15) is 4.98 Å². The van der Waals surface area contributed by atoms with Crippen LogP contribution in [0.15, 0.2) is 45.7 Å². The molecule has 1 saturated carbocycles. The molecular formula is C31H41N5O5. The van der Waals surface area contributed by atoms with Crippen molar-refractivity contribution in [1.29, 1.82) is 0 Å². The Kier molecular flexibility index (Phi) is 9.62. The van der Waals surface area contributed by atoms with Gasteiger partial charge in [0.1, 0.15) is 5.60 Å². The van der Waals surface area contributed by atoms with Crippen LogP contribution in [0.25, 0.3) is 10.9 Å². The molecule has 3 aromatic rings. The highest BCUT2D eigenvalue weighted by Gasteiger charge is 2.32. The average molecular weight is 564 g/mol. The van der Waals surface area contributed by atoms with E-state index in [9.17, 15) is 14.4 Å². The minimum absolute atomic E-state index is 0.0668. The third kappa shape index (κ3) is 8.05. The molecule has 1 unspecified atom stereocenters. The predicted octanol–water partition coefficient (Wildman–Crippen LogP) is 5.55. The Labute approximate surface area is 240 Å². The summed E-state index contributed by atoms with van der Waals surface area (Å²) in [6.07, 6.45) is 7.21. The maximum atomic E-state index is 13.6. The van der Waals surface area contributed by atoms with E-state index < -0.39 is 17.3 Å². The van der Waals surface area contributed by atoms with Crippen LogP contribution >= 0.6 is 0 Å². The fourth-order valence-electron chi connectivity index (χ4n) is 5.35. The number of aromatic nitrogens is 2. The predicted molar refractivity (Wildman–Crippen MR) is 159 cm³/mol. The summed E-state index contributed by atoms with van der Waals surface area (Å²) in [4.78, 5) is 49.6. The van der Waals surface area contributed by atoms with Gasteiger partial charge in [-0.25, -0.2) is 9.59 Å². The number of nitrogens with zero attached hydrogens (tertiary/aromatic N) is 3. The number of nitrogens with one attached hydrogen (secondary N) is 2. The highest BCUT2D eigenvalue weighted by Crippen LogP contribution is 2.31. The first-order valence-corrected chi connectivity index (χ1v) is 14.3. The van der Waals surface area contributed by atoms with Crippen molar-refractivity contribution in [3.05, 3.63) is 58.2 Å². The molecule has 10 heteroatoms. The number of ether oxygens (including phenoxy) is 1. The Morgan fingerprint density at radius 2 is 1.90 bits per heavy atom. The summed E-state index contributed by atoms with van der Waals surface area (Å²) in [5, 5.41) is 6.12. The highest BCUT2D eigenvalue weighted by molar-refractivity contribution is 5.93. The topological polar surface area (TPSA) is 127 Å². The lowest BCUT2D eigenvalue weighted by Crippen LogP contribution is -2.41. The maximum absolute atomic E-state index is 13.6. The first kappa shape index (κ1) is 30.0. The van der Waals surface area contributed by atoms with E-state index in [1.807, 2.05) is 25.2 Å². The van der Waals surface area contributed by atoms with Crippen molar-refractivity contribution in [3.8, 4) is 0 Å². The van der Waals surface area contributed by atoms with Gasteiger partial charge in [-0.3, -0.25) is 15.1 Å². The molecule has 2 amide bonds. The summed E-state index contributed by atoms with van der Waals surface area (Å²) in [6, 6.07) is 9.20. The molecule has 1 atom stereocenters. The molecule has 10 nitrogen and oxygen atoms in total. The molecule has 0 aliphatic heterocycles. The molecule has 1 aliphatic rings. The lowest BCUT2D eigenvalue weighted by atomic mass is 9.79.